The van der Waals surface area contributed by atoms with Gasteiger partial charge in [-0.1, -0.05) is 13.0 Å². The molecule has 0 bridgehead atoms. The number of nitrogens with zero attached hydrogens (tertiary/aromatic N) is 1. The minimum Gasteiger partial charge on any atom is -0.504 e. The molecule has 0 amide bonds. The largest absolute Gasteiger partial charge is 0.504 e. The summed E-state index contributed by atoms with van der Waals surface area (Å²) in [6, 6.07) is 8.44. The van der Waals surface area contributed by atoms with Crippen molar-refractivity contribution in [1.82, 2.24) is 4.90 Å². The second-order valence-electron chi connectivity index (χ2n) is 7.04. The van der Waals surface area contributed by atoms with Crippen LogP contribution in [0.4, 0.5) is 0 Å². The predicted molar refractivity (Wildman–Crippen MR) is 99.5 cm³/mol. The van der Waals surface area contributed by atoms with Gasteiger partial charge in [0.25, 0.3) is 0 Å². The molecule has 0 saturated heterocycles. The van der Waals surface area contributed by atoms with Gasteiger partial charge in [-0.05, 0) is 41.3 Å². The highest BCUT2D eigenvalue weighted by Gasteiger charge is 2.39. The fourth-order valence-electron chi connectivity index (χ4n) is 4.55. The number of hydrogen-bond acceptors (Lipinski definition) is 5. The van der Waals surface area contributed by atoms with E-state index in [4.69, 9.17) is 14.2 Å². The molecule has 0 aliphatic carbocycles. The topological polar surface area (TPSA) is 51.2 Å². The third kappa shape index (κ3) is 2.42. The highest BCUT2D eigenvalue weighted by molar-refractivity contribution is 5.55. The van der Waals surface area contributed by atoms with Crippen molar-refractivity contribution in [3.05, 3.63) is 46.5 Å². The lowest BCUT2D eigenvalue weighted by molar-refractivity contribution is 0.136. The van der Waals surface area contributed by atoms with Gasteiger partial charge in [-0.15, -0.1) is 0 Å². The molecule has 5 nitrogen and oxygen atoms in total. The molecule has 2 heterocycles. The molecule has 2 aromatic rings. The van der Waals surface area contributed by atoms with Crippen molar-refractivity contribution >= 4 is 0 Å². The number of aromatic hydroxyl groups is 1. The van der Waals surface area contributed by atoms with Gasteiger partial charge in [0.05, 0.1) is 21.3 Å². The van der Waals surface area contributed by atoms with Crippen molar-refractivity contribution in [2.24, 2.45) is 0 Å². The Morgan fingerprint density at radius 3 is 2.35 bits per heavy atom. The lowest BCUT2D eigenvalue weighted by Crippen LogP contribution is -2.41. The van der Waals surface area contributed by atoms with Crippen molar-refractivity contribution in [2.45, 2.75) is 31.8 Å². The average Bonchev–Trinajstić information content (AvgIpc) is 2.67. The van der Waals surface area contributed by atoms with Crippen LogP contribution in [0.5, 0.6) is 23.0 Å². The summed E-state index contributed by atoms with van der Waals surface area (Å²) in [6.45, 7) is 3.90. The summed E-state index contributed by atoms with van der Waals surface area (Å²) >= 11 is 0. The van der Waals surface area contributed by atoms with Gasteiger partial charge in [0.2, 0.25) is 0 Å². The second kappa shape index (κ2) is 6.40. The summed E-state index contributed by atoms with van der Waals surface area (Å²) in [5.74, 6) is 2.62. The first-order chi connectivity index (χ1) is 12.6. The summed E-state index contributed by atoms with van der Waals surface area (Å²) in [4.78, 5) is 2.44. The molecule has 0 spiro atoms. The maximum Gasteiger partial charge on any atom is 0.162 e. The van der Waals surface area contributed by atoms with E-state index in [0.29, 0.717) is 5.75 Å². The smallest absolute Gasteiger partial charge is 0.162 e. The van der Waals surface area contributed by atoms with Crippen molar-refractivity contribution < 1.29 is 19.3 Å². The Labute approximate surface area is 154 Å². The monoisotopic (exact) mass is 355 g/mol. The Balaban J connectivity index is 1.82. The van der Waals surface area contributed by atoms with E-state index in [1.807, 2.05) is 6.07 Å². The molecule has 5 heteroatoms. The first-order valence-corrected chi connectivity index (χ1v) is 8.96. The van der Waals surface area contributed by atoms with E-state index in [9.17, 15) is 5.11 Å². The number of rotatable bonds is 3. The standard InChI is InChI=1S/C21H25NO4/c1-12-14-5-6-17(24-2)21(23)16(14)11-22-8-7-13-9-18(25-3)19(26-4)10-15(13)20(12)22/h5-6,9-10,12,20,23H,7-8,11H2,1-4H3. The van der Waals surface area contributed by atoms with Gasteiger partial charge in [0, 0.05) is 30.6 Å². The molecular weight excluding hydrogens is 330 g/mol. The fourth-order valence-corrected chi connectivity index (χ4v) is 4.55. The van der Waals surface area contributed by atoms with Crippen molar-refractivity contribution in [1.29, 1.82) is 0 Å². The predicted octanol–water partition coefficient (Wildman–Crippen LogP) is 3.63. The molecule has 2 aromatic carbocycles. The molecule has 2 aliphatic heterocycles. The summed E-state index contributed by atoms with van der Waals surface area (Å²) in [5, 5.41) is 10.6. The molecule has 1 N–H and O–H groups in total. The van der Waals surface area contributed by atoms with Crippen molar-refractivity contribution in [3.8, 4) is 23.0 Å². The lowest BCUT2D eigenvalue weighted by atomic mass is 9.77. The SMILES string of the molecule is COc1cc2c(cc1OC)C1C(C)c3ccc(OC)c(O)c3CN1CC2. The Morgan fingerprint density at radius 1 is 0.962 bits per heavy atom. The van der Waals surface area contributed by atoms with Crippen LogP contribution < -0.4 is 14.2 Å². The van der Waals surface area contributed by atoms with Gasteiger partial charge >= 0.3 is 0 Å². The number of hydrogen-bond donors (Lipinski definition) is 1. The number of methoxy groups -OCH3 is 3. The van der Waals surface area contributed by atoms with Crippen LogP contribution in [0.25, 0.3) is 0 Å². The normalized spacial score (nSPS) is 21.4. The molecule has 0 saturated carbocycles. The highest BCUT2D eigenvalue weighted by atomic mass is 16.5. The van der Waals surface area contributed by atoms with Gasteiger partial charge in [-0.3, -0.25) is 4.90 Å². The van der Waals surface area contributed by atoms with Crippen LogP contribution in [0, 0.1) is 0 Å². The zero-order chi connectivity index (χ0) is 18.4. The Kier molecular flexibility index (Phi) is 4.19. The molecular formula is C21H25NO4. The zero-order valence-electron chi connectivity index (χ0n) is 15.7. The van der Waals surface area contributed by atoms with Crippen molar-refractivity contribution in [2.75, 3.05) is 27.9 Å². The van der Waals surface area contributed by atoms with Crippen LogP contribution in [0.3, 0.4) is 0 Å². The average molecular weight is 355 g/mol. The molecule has 2 unspecified atom stereocenters. The maximum absolute atomic E-state index is 10.6. The molecule has 0 radical (unpaired) electrons. The summed E-state index contributed by atoms with van der Waals surface area (Å²) in [7, 11) is 4.94. The first-order valence-electron chi connectivity index (χ1n) is 8.96. The van der Waals surface area contributed by atoms with Crippen molar-refractivity contribution in [3.63, 3.8) is 0 Å². The van der Waals surface area contributed by atoms with E-state index in [1.54, 1.807) is 21.3 Å². The van der Waals surface area contributed by atoms with Crippen LogP contribution in [0.15, 0.2) is 24.3 Å². The number of benzene rings is 2. The molecule has 4 rings (SSSR count). The molecule has 2 aliphatic rings. The number of fused-ring (bicyclic) bond motifs is 4. The molecule has 2 atom stereocenters. The van der Waals surface area contributed by atoms with Crippen LogP contribution in [-0.2, 0) is 13.0 Å². The van der Waals surface area contributed by atoms with Gasteiger partial charge in [-0.2, -0.15) is 0 Å². The minimum atomic E-state index is 0.257. The molecule has 0 fully saturated rings. The van der Waals surface area contributed by atoms with Crippen LogP contribution in [-0.4, -0.2) is 37.9 Å². The highest BCUT2D eigenvalue weighted by Crippen LogP contribution is 2.50. The van der Waals surface area contributed by atoms with E-state index in [0.717, 1.165) is 36.6 Å². The molecule has 0 aromatic heterocycles. The van der Waals surface area contributed by atoms with E-state index in [2.05, 4.69) is 30.0 Å². The quantitative estimate of drug-likeness (QED) is 0.911. The molecule has 138 valence electrons. The number of ether oxygens (including phenoxy) is 3. The number of phenols is 1. The van der Waals surface area contributed by atoms with E-state index in [-0.39, 0.29) is 17.7 Å². The fraction of sp³-hybridized carbons (Fsp3) is 0.429. The van der Waals surface area contributed by atoms with Crippen LogP contribution >= 0.6 is 0 Å². The Hall–Kier alpha value is -2.40. The Bertz CT molecular complexity index is 848. The maximum atomic E-state index is 10.6. The summed E-state index contributed by atoms with van der Waals surface area (Å²) in [5.41, 5.74) is 4.78. The van der Waals surface area contributed by atoms with Gasteiger partial charge in [0.1, 0.15) is 0 Å². The first kappa shape index (κ1) is 17.0. The third-order valence-corrected chi connectivity index (χ3v) is 5.85. The number of phenolic OH excluding ortho intramolecular Hbond substituents is 1. The Morgan fingerprint density at radius 2 is 1.65 bits per heavy atom. The molecule has 26 heavy (non-hydrogen) atoms. The second-order valence-corrected chi connectivity index (χ2v) is 7.04. The van der Waals surface area contributed by atoms with Gasteiger partial charge in [0.15, 0.2) is 23.0 Å². The third-order valence-electron chi connectivity index (χ3n) is 5.85. The minimum absolute atomic E-state index is 0.257. The van der Waals surface area contributed by atoms with Crippen LogP contribution in [0.1, 0.15) is 41.1 Å². The summed E-state index contributed by atoms with van der Waals surface area (Å²) < 4.78 is 16.3. The summed E-state index contributed by atoms with van der Waals surface area (Å²) in [6.07, 6.45) is 0.957. The van der Waals surface area contributed by atoms with E-state index < -0.39 is 0 Å². The lowest BCUT2D eigenvalue weighted by Gasteiger charge is -2.45. The van der Waals surface area contributed by atoms with Gasteiger partial charge in [-0.25, -0.2) is 0 Å². The van der Waals surface area contributed by atoms with E-state index >= 15 is 0 Å². The zero-order valence-corrected chi connectivity index (χ0v) is 15.7. The van der Waals surface area contributed by atoms with E-state index in [1.165, 1.54) is 16.7 Å². The van der Waals surface area contributed by atoms with Gasteiger partial charge < -0.3 is 19.3 Å². The van der Waals surface area contributed by atoms with Crippen LogP contribution in [0.2, 0.25) is 0 Å².